The Hall–Kier alpha value is -1.86. The van der Waals surface area contributed by atoms with Crippen molar-refractivity contribution in [3.8, 4) is 0 Å². The maximum absolute atomic E-state index is 12.0. The van der Waals surface area contributed by atoms with Gasteiger partial charge in [0.1, 0.15) is 16.5 Å². The standard InChI is InChI=1S/C12H15ClN4O3/c13-9-2-1-8(12(19)20)11(16-9)15-7-10(18)17-5-3-14-4-6-17/h1-2,14H,3-7H2,(H,15,16)(H,19,20). The Morgan fingerprint density at radius 3 is 2.75 bits per heavy atom. The van der Waals surface area contributed by atoms with Crippen LogP contribution < -0.4 is 10.6 Å². The molecule has 1 aromatic rings. The summed E-state index contributed by atoms with van der Waals surface area (Å²) in [4.78, 5) is 28.6. The fraction of sp³-hybridized carbons (Fsp3) is 0.417. The maximum atomic E-state index is 12.0. The first-order chi connectivity index (χ1) is 9.58. The van der Waals surface area contributed by atoms with Gasteiger partial charge >= 0.3 is 5.97 Å². The first-order valence-electron chi connectivity index (χ1n) is 6.20. The number of carbonyl (C=O) groups is 2. The normalized spacial score (nSPS) is 14.9. The highest BCUT2D eigenvalue weighted by molar-refractivity contribution is 6.29. The number of aromatic nitrogens is 1. The molecule has 20 heavy (non-hydrogen) atoms. The van der Waals surface area contributed by atoms with Gasteiger partial charge in [0.15, 0.2) is 0 Å². The lowest BCUT2D eigenvalue weighted by molar-refractivity contribution is -0.129. The first-order valence-corrected chi connectivity index (χ1v) is 6.58. The van der Waals surface area contributed by atoms with E-state index in [1.54, 1.807) is 4.90 Å². The number of nitrogens with zero attached hydrogens (tertiary/aromatic N) is 2. The molecule has 1 fully saturated rings. The molecule has 1 aliphatic rings. The molecule has 0 radical (unpaired) electrons. The van der Waals surface area contributed by atoms with Gasteiger partial charge in [-0.15, -0.1) is 0 Å². The molecule has 0 spiro atoms. The molecule has 0 aliphatic carbocycles. The van der Waals surface area contributed by atoms with E-state index >= 15 is 0 Å². The predicted molar refractivity (Wildman–Crippen MR) is 74.1 cm³/mol. The van der Waals surface area contributed by atoms with Crippen LogP contribution in [-0.2, 0) is 4.79 Å². The molecule has 0 atom stereocenters. The van der Waals surface area contributed by atoms with E-state index in [9.17, 15) is 9.59 Å². The number of aromatic carboxylic acids is 1. The number of rotatable bonds is 4. The Bertz CT molecular complexity index is 517. The van der Waals surface area contributed by atoms with E-state index in [1.165, 1.54) is 12.1 Å². The third-order valence-corrected chi connectivity index (χ3v) is 3.18. The van der Waals surface area contributed by atoms with E-state index in [-0.39, 0.29) is 29.0 Å². The first kappa shape index (κ1) is 14.5. The average molecular weight is 299 g/mol. The van der Waals surface area contributed by atoms with Gasteiger partial charge in [0.2, 0.25) is 5.91 Å². The van der Waals surface area contributed by atoms with Crippen molar-refractivity contribution in [3.05, 3.63) is 22.8 Å². The van der Waals surface area contributed by atoms with Gasteiger partial charge in [-0.25, -0.2) is 9.78 Å². The Balaban J connectivity index is 2.01. The predicted octanol–water partition coefficient (Wildman–Crippen LogP) is 0.277. The van der Waals surface area contributed by atoms with Gasteiger partial charge in [-0.1, -0.05) is 11.6 Å². The minimum absolute atomic E-state index is 0.00633. The number of nitrogens with one attached hydrogen (secondary N) is 2. The molecule has 1 aromatic heterocycles. The molecule has 1 saturated heterocycles. The molecular weight excluding hydrogens is 284 g/mol. The fourth-order valence-electron chi connectivity index (χ4n) is 1.93. The number of hydrogen-bond acceptors (Lipinski definition) is 5. The second-order valence-corrected chi connectivity index (χ2v) is 4.71. The number of anilines is 1. The van der Waals surface area contributed by atoms with Gasteiger partial charge in [-0.05, 0) is 12.1 Å². The summed E-state index contributed by atoms with van der Waals surface area (Å²) >= 11 is 5.74. The highest BCUT2D eigenvalue weighted by Gasteiger charge is 2.17. The van der Waals surface area contributed by atoms with Crippen LogP contribution in [0, 0.1) is 0 Å². The van der Waals surface area contributed by atoms with Crippen molar-refractivity contribution < 1.29 is 14.7 Å². The van der Waals surface area contributed by atoms with Gasteiger partial charge in [0, 0.05) is 26.2 Å². The summed E-state index contributed by atoms with van der Waals surface area (Å²) in [6.45, 7) is 2.82. The van der Waals surface area contributed by atoms with Crippen molar-refractivity contribution in [2.75, 3.05) is 38.0 Å². The number of carboxylic acid groups (broad SMARTS) is 1. The number of carbonyl (C=O) groups excluding carboxylic acids is 1. The van der Waals surface area contributed by atoms with Gasteiger partial charge in [0.25, 0.3) is 0 Å². The molecule has 7 nitrogen and oxygen atoms in total. The van der Waals surface area contributed by atoms with Gasteiger partial charge in [-0.2, -0.15) is 0 Å². The van der Waals surface area contributed by atoms with Crippen LogP contribution in [0.4, 0.5) is 5.82 Å². The van der Waals surface area contributed by atoms with E-state index in [2.05, 4.69) is 15.6 Å². The molecule has 0 unspecified atom stereocenters. The van der Waals surface area contributed by atoms with E-state index in [0.29, 0.717) is 13.1 Å². The van der Waals surface area contributed by atoms with Crippen LogP contribution >= 0.6 is 11.6 Å². The van der Waals surface area contributed by atoms with Crippen molar-refractivity contribution in [2.45, 2.75) is 0 Å². The van der Waals surface area contributed by atoms with Crippen LogP contribution in [0.15, 0.2) is 12.1 Å². The summed E-state index contributed by atoms with van der Waals surface area (Å²) in [5.41, 5.74) is -0.0116. The zero-order chi connectivity index (χ0) is 14.5. The van der Waals surface area contributed by atoms with Crippen LogP contribution in [0.2, 0.25) is 5.15 Å². The third-order valence-electron chi connectivity index (χ3n) is 2.97. The summed E-state index contributed by atoms with van der Waals surface area (Å²) in [5, 5.41) is 15.1. The summed E-state index contributed by atoms with van der Waals surface area (Å²) in [6.07, 6.45) is 0. The second-order valence-electron chi connectivity index (χ2n) is 4.32. The van der Waals surface area contributed by atoms with Crippen molar-refractivity contribution in [1.82, 2.24) is 15.2 Å². The summed E-state index contributed by atoms with van der Waals surface area (Å²) in [6, 6.07) is 2.75. The Morgan fingerprint density at radius 1 is 1.40 bits per heavy atom. The summed E-state index contributed by atoms with van der Waals surface area (Å²) < 4.78 is 0. The molecule has 2 rings (SSSR count). The lowest BCUT2D eigenvalue weighted by Gasteiger charge is -2.27. The molecule has 0 aromatic carbocycles. The van der Waals surface area contributed by atoms with Crippen LogP contribution in [-0.4, -0.2) is 59.6 Å². The van der Waals surface area contributed by atoms with Crippen LogP contribution in [0.25, 0.3) is 0 Å². The topological polar surface area (TPSA) is 94.6 Å². The number of carboxylic acids is 1. The minimum atomic E-state index is -1.12. The number of hydrogen-bond donors (Lipinski definition) is 3. The number of piperazine rings is 1. The fourth-order valence-corrected chi connectivity index (χ4v) is 2.08. The lowest BCUT2D eigenvalue weighted by atomic mass is 10.2. The summed E-state index contributed by atoms with van der Waals surface area (Å²) in [7, 11) is 0. The third kappa shape index (κ3) is 3.58. The van der Waals surface area contributed by atoms with Crippen molar-refractivity contribution in [2.24, 2.45) is 0 Å². The zero-order valence-electron chi connectivity index (χ0n) is 10.7. The lowest BCUT2D eigenvalue weighted by Crippen LogP contribution is -2.48. The van der Waals surface area contributed by atoms with Crippen LogP contribution in [0.5, 0.6) is 0 Å². The second kappa shape index (κ2) is 6.53. The minimum Gasteiger partial charge on any atom is -0.478 e. The van der Waals surface area contributed by atoms with Crippen molar-refractivity contribution in [3.63, 3.8) is 0 Å². The monoisotopic (exact) mass is 298 g/mol. The molecule has 0 saturated carbocycles. The molecule has 2 heterocycles. The van der Waals surface area contributed by atoms with Crippen molar-refractivity contribution >= 4 is 29.3 Å². The zero-order valence-corrected chi connectivity index (χ0v) is 11.5. The Labute approximate surface area is 120 Å². The molecule has 3 N–H and O–H groups in total. The number of amides is 1. The van der Waals surface area contributed by atoms with E-state index in [1.807, 2.05) is 0 Å². The molecule has 1 aliphatic heterocycles. The number of pyridine rings is 1. The van der Waals surface area contributed by atoms with Crippen LogP contribution in [0.1, 0.15) is 10.4 Å². The van der Waals surface area contributed by atoms with E-state index in [0.717, 1.165) is 13.1 Å². The number of halogens is 1. The van der Waals surface area contributed by atoms with Gasteiger partial charge in [0.05, 0.1) is 6.54 Å². The average Bonchev–Trinajstić information content (AvgIpc) is 2.45. The van der Waals surface area contributed by atoms with Gasteiger partial charge in [-0.3, -0.25) is 4.79 Å². The highest BCUT2D eigenvalue weighted by atomic mass is 35.5. The highest BCUT2D eigenvalue weighted by Crippen LogP contribution is 2.16. The summed E-state index contributed by atoms with van der Waals surface area (Å²) in [5.74, 6) is -1.11. The van der Waals surface area contributed by atoms with Crippen molar-refractivity contribution in [1.29, 1.82) is 0 Å². The van der Waals surface area contributed by atoms with Crippen LogP contribution in [0.3, 0.4) is 0 Å². The molecule has 108 valence electrons. The molecule has 1 amide bonds. The Morgan fingerprint density at radius 2 is 2.10 bits per heavy atom. The van der Waals surface area contributed by atoms with Gasteiger partial charge < -0.3 is 20.6 Å². The molecular formula is C12H15ClN4O3. The quantitative estimate of drug-likeness (QED) is 0.691. The Kier molecular flexibility index (Phi) is 4.75. The SMILES string of the molecule is O=C(O)c1ccc(Cl)nc1NCC(=O)N1CCNCC1. The largest absolute Gasteiger partial charge is 0.478 e. The van der Waals surface area contributed by atoms with E-state index < -0.39 is 5.97 Å². The van der Waals surface area contributed by atoms with E-state index in [4.69, 9.17) is 16.7 Å². The smallest absolute Gasteiger partial charge is 0.339 e. The molecule has 8 heteroatoms. The maximum Gasteiger partial charge on any atom is 0.339 e. The molecule has 0 bridgehead atoms.